The van der Waals surface area contributed by atoms with E-state index in [1.165, 1.54) is 0 Å². The Morgan fingerprint density at radius 1 is 0.789 bits per heavy atom. The standard InChI is InChI=1S/C6H5F9O3S/c7-3(8,1-2-19(16,17)18)4(9,10)5(11,12)6(13,14)15/h1-2H2,(H,16,17,18)/p-1. The summed E-state index contributed by atoms with van der Waals surface area (Å²) < 4.78 is 139. The van der Waals surface area contributed by atoms with Crippen LogP contribution in [0.2, 0.25) is 0 Å². The fraction of sp³-hybridized carbons (Fsp3) is 1.00. The summed E-state index contributed by atoms with van der Waals surface area (Å²) in [4.78, 5) is 0. The molecule has 0 N–H and O–H groups in total. The highest BCUT2D eigenvalue weighted by Gasteiger charge is 2.81. The number of rotatable bonds is 5. The van der Waals surface area contributed by atoms with Crippen LogP contribution < -0.4 is 0 Å². The van der Waals surface area contributed by atoms with Gasteiger partial charge in [-0.15, -0.1) is 0 Å². The summed E-state index contributed by atoms with van der Waals surface area (Å²) in [5, 5.41) is 0. The van der Waals surface area contributed by atoms with Crippen molar-refractivity contribution in [3.8, 4) is 0 Å². The minimum absolute atomic E-state index is 2.22. The molecule has 116 valence electrons. The van der Waals surface area contributed by atoms with E-state index in [0.717, 1.165) is 0 Å². The number of hydrogen-bond donors (Lipinski definition) is 0. The lowest BCUT2D eigenvalue weighted by Crippen LogP contribution is -2.61. The van der Waals surface area contributed by atoms with Crippen molar-refractivity contribution >= 4 is 10.1 Å². The second-order valence-corrected chi connectivity index (χ2v) is 4.89. The number of hydrogen-bond acceptors (Lipinski definition) is 3. The lowest BCUT2D eigenvalue weighted by molar-refractivity contribution is -0.396. The largest absolute Gasteiger partial charge is 0.748 e. The normalized spacial score (nSPS) is 15.7. The van der Waals surface area contributed by atoms with E-state index >= 15 is 0 Å². The zero-order chi connectivity index (χ0) is 15.9. The van der Waals surface area contributed by atoms with E-state index in [9.17, 15) is 52.5 Å². The summed E-state index contributed by atoms with van der Waals surface area (Å²) in [5.41, 5.74) is 0. The topological polar surface area (TPSA) is 57.2 Å². The van der Waals surface area contributed by atoms with Gasteiger partial charge in [0.2, 0.25) is 0 Å². The zero-order valence-electron chi connectivity index (χ0n) is 8.45. The molecular weight excluding hydrogens is 323 g/mol. The number of halogens is 9. The van der Waals surface area contributed by atoms with Gasteiger partial charge >= 0.3 is 23.9 Å². The fourth-order valence-electron chi connectivity index (χ4n) is 0.818. The molecule has 0 aliphatic heterocycles. The molecule has 0 amide bonds. The zero-order valence-corrected chi connectivity index (χ0v) is 9.27. The van der Waals surface area contributed by atoms with Crippen molar-refractivity contribution in [2.45, 2.75) is 30.4 Å². The quantitative estimate of drug-likeness (QED) is 0.575. The second kappa shape index (κ2) is 4.68. The van der Waals surface area contributed by atoms with Gasteiger partial charge in [0.25, 0.3) is 0 Å². The average Bonchev–Trinajstić information content (AvgIpc) is 2.11. The third kappa shape index (κ3) is 3.64. The van der Waals surface area contributed by atoms with Gasteiger partial charge in [-0.3, -0.25) is 0 Å². The summed E-state index contributed by atoms with van der Waals surface area (Å²) in [6, 6.07) is 0. The lowest BCUT2D eigenvalue weighted by atomic mass is 10.0. The molecule has 3 nitrogen and oxygen atoms in total. The van der Waals surface area contributed by atoms with Crippen molar-refractivity contribution in [1.29, 1.82) is 0 Å². The molecule has 19 heavy (non-hydrogen) atoms. The van der Waals surface area contributed by atoms with E-state index in [2.05, 4.69) is 0 Å². The van der Waals surface area contributed by atoms with E-state index in [1.807, 2.05) is 0 Å². The first-order valence-electron chi connectivity index (χ1n) is 4.09. The SMILES string of the molecule is O=S(=O)([O-])CCC(F)(F)C(F)(F)C(F)(F)C(F)(F)F. The Hall–Kier alpha value is -0.720. The molecule has 0 aliphatic rings. The first kappa shape index (κ1) is 18.3. The van der Waals surface area contributed by atoms with Crippen molar-refractivity contribution in [3.05, 3.63) is 0 Å². The Labute approximate surface area is 99.7 Å². The maximum absolute atomic E-state index is 12.6. The predicted molar refractivity (Wildman–Crippen MR) is 40.1 cm³/mol. The van der Waals surface area contributed by atoms with Gasteiger partial charge in [0.15, 0.2) is 0 Å². The predicted octanol–water partition coefficient (Wildman–Crippen LogP) is 2.39. The van der Waals surface area contributed by atoms with Crippen LogP contribution in [0.4, 0.5) is 39.5 Å². The molecule has 0 radical (unpaired) electrons. The molecule has 0 aromatic heterocycles. The van der Waals surface area contributed by atoms with Crippen LogP contribution in [0, 0.1) is 0 Å². The van der Waals surface area contributed by atoms with Crippen LogP contribution in [0.5, 0.6) is 0 Å². The van der Waals surface area contributed by atoms with Crippen molar-refractivity contribution in [1.82, 2.24) is 0 Å². The summed E-state index contributed by atoms with van der Waals surface area (Å²) in [6.07, 6.45) is -9.65. The minimum Gasteiger partial charge on any atom is -0.748 e. The molecule has 0 heterocycles. The van der Waals surface area contributed by atoms with Crippen LogP contribution in [-0.2, 0) is 10.1 Å². The molecule has 0 rings (SSSR count). The van der Waals surface area contributed by atoms with Crippen molar-refractivity contribution in [3.63, 3.8) is 0 Å². The molecule has 0 aromatic carbocycles. The van der Waals surface area contributed by atoms with Crippen LogP contribution in [0.25, 0.3) is 0 Å². The molecule has 0 fully saturated rings. The van der Waals surface area contributed by atoms with Crippen LogP contribution >= 0.6 is 0 Å². The van der Waals surface area contributed by atoms with Crippen molar-refractivity contribution < 1.29 is 52.5 Å². The molecule has 0 saturated heterocycles. The Balaban J connectivity index is 5.40. The Morgan fingerprint density at radius 3 is 1.42 bits per heavy atom. The molecule has 0 spiro atoms. The second-order valence-electron chi connectivity index (χ2n) is 3.36. The first-order chi connectivity index (χ1) is 7.96. The van der Waals surface area contributed by atoms with E-state index < -0.39 is 46.2 Å². The average molecular weight is 327 g/mol. The molecule has 0 unspecified atom stereocenters. The highest BCUT2D eigenvalue weighted by molar-refractivity contribution is 7.85. The minimum atomic E-state index is -7.09. The smallest absolute Gasteiger partial charge is 0.460 e. The van der Waals surface area contributed by atoms with Gasteiger partial charge in [-0.25, -0.2) is 8.42 Å². The molecule has 0 atom stereocenters. The number of alkyl halides is 9. The van der Waals surface area contributed by atoms with Crippen LogP contribution in [0.3, 0.4) is 0 Å². The van der Waals surface area contributed by atoms with Gasteiger partial charge in [0.1, 0.15) is 0 Å². The Morgan fingerprint density at radius 2 is 1.16 bits per heavy atom. The third-order valence-electron chi connectivity index (χ3n) is 1.88. The van der Waals surface area contributed by atoms with Crippen molar-refractivity contribution in [2.75, 3.05) is 5.75 Å². The summed E-state index contributed by atoms with van der Waals surface area (Å²) >= 11 is 0. The van der Waals surface area contributed by atoms with Gasteiger partial charge in [-0.2, -0.15) is 39.5 Å². The van der Waals surface area contributed by atoms with Crippen LogP contribution in [0.1, 0.15) is 6.42 Å². The highest BCUT2D eigenvalue weighted by Crippen LogP contribution is 2.53. The summed E-state index contributed by atoms with van der Waals surface area (Å²) in [6.45, 7) is 0. The molecule has 0 bridgehead atoms. The maximum Gasteiger partial charge on any atom is 0.460 e. The molecule has 0 aliphatic carbocycles. The fourth-order valence-corrected chi connectivity index (χ4v) is 1.32. The molecule has 0 aromatic rings. The van der Waals surface area contributed by atoms with E-state index in [-0.39, 0.29) is 0 Å². The highest BCUT2D eigenvalue weighted by atomic mass is 32.2. The first-order valence-corrected chi connectivity index (χ1v) is 5.67. The van der Waals surface area contributed by atoms with Crippen molar-refractivity contribution in [2.24, 2.45) is 0 Å². The molecule has 13 heteroatoms. The molecule has 0 saturated carbocycles. The van der Waals surface area contributed by atoms with E-state index in [1.54, 1.807) is 0 Å². The van der Waals surface area contributed by atoms with Crippen LogP contribution in [0.15, 0.2) is 0 Å². The van der Waals surface area contributed by atoms with E-state index in [4.69, 9.17) is 0 Å². The van der Waals surface area contributed by atoms with Gasteiger partial charge in [0, 0.05) is 12.2 Å². The van der Waals surface area contributed by atoms with Crippen LogP contribution in [-0.4, -0.2) is 42.7 Å². The lowest BCUT2D eigenvalue weighted by Gasteiger charge is -2.33. The van der Waals surface area contributed by atoms with Gasteiger partial charge in [-0.1, -0.05) is 0 Å². The van der Waals surface area contributed by atoms with Gasteiger partial charge in [-0.05, 0) is 0 Å². The van der Waals surface area contributed by atoms with E-state index in [0.29, 0.717) is 0 Å². The van der Waals surface area contributed by atoms with Gasteiger partial charge < -0.3 is 4.55 Å². The Bertz CT molecular complexity index is 424. The summed E-state index contributed by atoms with van der Waals surface area (Å²) in [7, 11) is -5.49. The molecular formula is C6H4F9O3S-. The monoisotopic (exact) mass is 327 g/mol. The Kier molecular flexibility index (Phi) is 4.50. The third-order valence-corrected chi connectivity index (χ3v) is 2.58. The summed E-state index contributed by atoms with van der Waals surface area (Å²) in [5.74, 6) is -22.2. The maximum atomic E-state index is 12.6. The van der Waals surface area contributed by atoms with Gasteiger partial charge in [0.05, 0.1) is 10.1 Å².